The van der Waals surface area contributed by atoms with Crippen LogP contribution < -0.4 is 0 Å². The number of hydrogen-bond acceptors (Lipinski definition) is 0. The van der Waals surface area contributed by atoms with Crippen LogP contribution in [-0.2, 0) is 0 Å². The molecule has 0 nitrogen and oxygen atoms in total. The maximum absolute atomic E-state index is 2.25. The van der Waals surface area contributed by atoms with Crippen molar-refractivity contribution in [1.82, 2.24) is 0 Å². The highest BCUT2D eigenvalue weighted by Gasteiger charge is 2.08. The van der Waals surface area contributed by atoms with Gasteiger partial charge in [0.15, 0.2) is 0 Å². The Kier molecular flexibility index (Phi) is 2.28. The van der Waals surface area contributed by atoms with Crippen molar-refractivity contribution in [2.45, 2.75) is 27.2 Å². The van der Waals surface area contributed by atoms with Gasteiger partial charge in [0.2, 0.25) is 0 Å². The Hall–Kier alpha value is -1.30. The number of rotatable bonds is 1. The first-order valence-corrected chi connectivity index (χ1v) is 5.13. The van der Waals surface area contributed by atoms with E-state index in [-0.39, 0.29) is 0 Å². The standard InChI is InChI=1S/C14H16/c1-10-8-9-14(12(3)11(10)2)13-6-4-5-7-13/h4-6,8-9H,7H2,1-3H3. The zero-order chi connectivity index (χ0) is 10.1. The molecule has 0 amide bonds. The van der Waals surface area contributed by atoms with E-state index in [0.717, 1.165) is 6.42 Å². The van der Waals surface area contributed by atoms with Gasteiger partial charge in [0, 0.05) is 0 Å². The van der Waals surface area contributed by atoms with Crippen LogP contribution >= 0.6 is 0 Å². The summed E-state index contributed by atoms with van der Waals surface area (Å²) in [5, 5.41) is 0. The summed E-state index contributed by atoms with van der Waals surface area (Å²) in [4.78, 5) is 0. The molecule has 14 heavy (non-hydrogen) atoms. The summed E-state index contributed by atoms with van der Waals surface area (Å²) in [5.41, 5.74) is 7.11. The van der Waals surface area contributed by atoms with Crippen molar-refractivity contribution in [3.05, 3.63) is 52.6 Å². The third kappa shape index (κ3) is 1.41. The highest BCUT2D eigenvalue weighted by molar-refractivity contribution is 5.73. The maximum Gasteiger partial charge on any atom is -0.00883 e. The largest absolute Gasteiger partial charge is 0.0801 e. The fourth-order valence-corrected chi connectivity index (χ4v) is 1.95. The minimum absolute atomic E-state index is 1.09. The Bertz CT molecular complexity index is 420. The van der Waals surface area contributed by atoms with Gasteiger partial charge >= 0.3 is 0 Å². The average Bonchev–Trinajstić information content (AvgIpc) is 2.67. The van der Waals surface area contributed by atoms with Crippen LogP contribution in [0.3, 0.4) is 0 Å². The molecule has 0 bridgehead atoms. The number of allylic oxidation sites excluding steroid dienone is 4. The molecule has 0 heteroatoms. The number of hydrogen-bond donors (Lipinski definition) is 0. The Morgan fingerprint density at radius 2 is 1.79 bits per heavy atom. The highest BCUT2D eigenvalue weighted by Crippen LogP contribution is 2.28. The van der Waals surface area contributed by atoms with E-state index in [4.69, 9.17) is 0 Å². The van der Waals surface area contributed by atoms with Crippen molar-refractivity contribution in [2.24, 2.45) is 0 Å². The molecule has 1 aliphatic rings. The van der Waals surface area contributed by atoms with Crippen molar-refractivity contribution in [3.8, 4) is 0 Å². The van der Waals surface area contributed by atoms with Gasteiger partial charge in [-0.15, -0.1) is 0 Å². The molecule has 0 aromatic heterocycles. The van der Waals surface area contributed by atoms with Crippen molar-refractivity contribution in [3.63, 3.8) is 0 Å². The van der Waals surface area contributed by atoms with E-state index in [1.807, 2.05) is 0 Å². The van der Waals surface area contributed by atoms with Gasteiger partial charge < -0.3 is 0 Å². The van der Waals surface area contributed by atoms with Crippen LogP contribution in [0.25, 0.3) is 5.57 Å². The zero-order valence-corrected chi connectivity index (χ0v) is 9.09. The Labute approximate surface area is 86.0 Å². The first-order valence-electron chi connectivity index (χ1n) is 5.13. The lowest BCUT2D eigenvalue weighted by Gasteiger charge is -2.11. The first kappa shape index (κ1) is 9.26. The van der Waals surface area contributed by atoms with Crippen LogP contribution in [0.4, 0.5) is 0 Å². The molecule has 2 rings (SSSR count). The van der Waals surface area contributed by atoms with E-state index in [1.165, 1.54) is 27.8 Å². The molecular formula is C14H16. The molecule has 0 fully saturated rings. The number of aryl methyl sites for hydroxylation is 1. The van der Waals surface area contributed by atoms with Crippen LogP contribution in [0.5, 0.6) is 0 Å². The predicted molar refractivity (Wildman–Crippen MR) is 62.4 cm³/mol. The van der Waals surface area contributed by atoms with Gasteiger partial charge in [0.05, 0.1) is 0 Å². The van der Waals surface area contributed by atoms with Crippen LogP contribution in [-0.4, -0.2) is 0 Å². The third-order valence-corrected chi connectivity index (χ3v) is 3.18. The second-order valence-corrected chi connectivity index (χ2v) is 4.00. The van der Waals surface area contributed by atoms with Gasteiger partial charge in [0.1, 0.15) is 0 Å². The molecule has 0 saturated carbocycles. The van der Waals surface area contributed by atoms with E-state index in [2.05, 4.69) is 51.1 Å². The fraction of sp³-hybridized carbons (Fsp3) is 0.286. The van der Waals surface area contributed by atoms with Crippen LogP contribution in [0.1, 0.15) is 28.7 Å². The lowest BCUT2D eigenvalue weighted by Crippen LogP contribution is -1.93. The summed E-state index contributed by atoms with van der Waals surface area (Å²) in [7, 11) is 0. The monoisotopic (exact) mass is 184 g/mol. The van der Waals surface area contributed by atoms with E-state index in [9.17, 15) is 0 Å². The summed E-state index contributed by atoms with van der Waals surface area (Å²) in [6.07, 6.45) is 7.66. The molecule has 0 heterocycles. The lowest BCUT2D eigenvalue weighted by atomic mass is 9.94. The Morgan fingerprint density at radius 3 is 2.43 bits per heavy atom. The minimum atomic E-state index is 1.09. The van der Waals surface area contributed by atoms with Crippen molar-refractivity contribution < 1.29 is 0 Å². The van der Waals surface area contributed by atoms with Gasteiger partial charge in [-0.25, -0.2) is 0 Å². The molecule has 0 saturated heterocycles. The topological polar surface area (TPSA) is 0 Å². The first-order chi connectivity index (χ1) is 6.70. The molecule has 0 N–H and O–H groups in total. The SMILES string of the molecule is Cc1ccc(C2=CC=CC2)c(C)c1C. The fourth-order valence-electron chi connectivity index (χ4n) is 1.95. The van der Waals surface area contributed by atoms with Crippen LogP contribution in [0.15, 0.2) is 30.4 Å². The van der Waals surface area contributed by atoms with Gasteiger partial charge in [0.25, 0.3) is 0 Å². The van der Waals surface area contributed by atoms with Gasteiger partial charge in [-0.05, 0) is 55.0 Å². The van der Waals surface area contributed by atoms with Crippen LogP contribution in [0.2, 0.25) is 0 Å². The summed E-state index contributed by atoms with van der Waals surface area (Å²) < 4.78 is 0. The van der Waals surface area contributed by atoms with Gasteiger partial charge in [-0.1, -0.05) is 30.4 Å². The normalized spacial score (nSPS) is 14.6. The Morgan fingerprint density at radius 1 is 1.00 bits per heavy atom. The highest BCUT2D eigenvalue weighted by atomic mass is 14.1. The quantitative estimate of drug-likeness (QED) is 0.620. The van der Waals surface area contributed by atoms with Crippen molar-refractivity contribution in [2.75, 3.05) is 0 Å². The number of benzene rings is 1. The third-order valence-electron chi connectivity index (χ3n) is 3.18. The summed E-state index contributed by atoms with van der Waals surface area (Å²) in [6.45, 7) is 6.60. The Balaban J connectivity index is 2.50. The molecular weight excluding hydrogens is 168 g/mol. The van der Waals surface area contributed by atoms with Gasteiger partial charge in [-0.2, -0.15) is 0 Å². The van der Waals surface area contributed by atoms with Crippen molar-refractivity contribution in [1.29, 1.82) is 0 Å². The van der Waals surface area contributed by atoms with Crippen LogP contribution in [0, 0.1) is 20.8 Å². The van der Waals surface area contributed by atoms with E-state index >= 15 is 0 Å². The molecule has 72 valence electrons. The maximum atomic E-state index is 2.25. The molecule has 1 aromatic carbocycles. The van der Waals surface area contributed by atoms with E-state index in [1.54, 1.807) is 0 Å². The lowest BCUT2D eigenvalue weighted by molar-refractivity contribution is 1.24. The van der Waals surface area contributed by atoms with Gasteiger partial charge in [-0.3, -0.25) is 0 Å². The second kappa shape index (κ2) is 3.45. The van der Waals surface area contributed by atoms with E-state index < -0.39 is 0 Å². The second-order valence-electron chi connectivity index (χ2n) is 4.00. The summed E-state index contributed by atoms with van der Waals surface area (Å²) >= 11 is 0. The summed E-state index contributed by atoms with van der Waals surface area (Å²) in [6, 6.07) is 4.47. The molecule has 0 radical (unpaired) electrons. The average molecular weight is 184 g/mol. The smallest absolute Gasteiger partial charge is 0.00883 e. The molecule has 0 aliphatic heterocycles. The molecule has 0 spiro atoms. The molecule has 1 aromatic rings. The molecule has 1 aliphatic carbocycles. The minimum Gasteiger partial charge on any atom is -0.0801 e. The van der Waals surface area contributed by atoms with Crippen molar-refractivity contribution >= 4 is 5.57 Å². The predicted octanol–water partition coefficient (Wildman–Crippen LogP) is 3.96. The zero-order valence-electron chi connectivity index (χ0n) is 9.09. The van der Waals surface area contributed by atoms with E-state index in [0.29, 0.717) is 0 Å². The molecule has 0 atom stereocenters. The summed E-state index contributed by atoms with van der Waals surface area (Å²) in [5.74, 6) is 0. The molecule has 0 unspecified atom stereocenters.